The molecule has 0 bridgehead atoms. The van der Waals surface area contributed by atoms with Crippen molar-refractivity contribution >= 4 is 11.9 Å². The van der Waals surface area contributed by atoms with Gasteiger partial charge in [-0.2, -0.15) is 0 Å². The van der Waals surface area contributed by atoms with Crippen LogP contribution in [0.4, 0.5) is 4.39 Å². The zero-order chi connectivity index (χ0) is 20.5. The fourth-order valence-corrected chi connectivity index (χ4v) is 2.54. The van der Waals surface area contributed by atoms with Crippen LogP contribution in [-0.4, -0.2) is 31.1 Å². The molecule has 6 heteroatoms. The van der Waals surface area contributed by atoms with Gasteiger partial charge in [0.05, 0.1) is 13.0 Å². The summed E-state index contributed by atoms with van der Waals surface area (Å²) in [6.07, 6.45) is -0.266. The Morgan fingerprint density at radius 2 is 1.82 bits per heavy atom. The molecule has 0 fully saturated rings. The average Bonchev–Trinajstić information content (AvgIpc) is 2.66. The summed E-state index contributed by atoms with van der Waals surface area (Å²) in [5.74, 6) is -0.424. The van der Waals surface area contributed by atoms with Crippen LogP contribution in [0.3, 0.4) is 0 Å². The lowest BCUT2D eigenvalue weighted by Crippen LogP contribution is -2.37. The van der Waals surface area contributed by atoms with Crippen LogP contribution in [0.25, 0.3) is 0 Å². The van der Waals surface area contributed by atoms with Crippen LogP contribution >= 0.6 is 0 Å². The van der Waals surface area contributed by atoms with Gasteiger partial charge in [0, 0.05) is 6.54 Å². The lowest BCUT2D eigenvalue weighted by atomic mass is 10.1. The van der Waals surface area contributed by atoms with E-state index in [-0.39, 0.29) is 24.8 Å². The summed E-state index contributed by atoms with van der Waals surface area (Å²) >= 11 is 0. The molecule has 2 aromatic rings. The molecule has 5 nitrogen and oxygen atoms in total. The number of amides is 1. The molecule has 1 N–H and O–H groups in total. The molecule has 150 valence electrons. The minimum Gasteiger partial charge on any atom is -0.493 e. The van der Waals surface area contributed by atoms with E-state index >= 15 is 0 Å². The molecule has 1 amide bonds. The maximum atomic E-state index is 12.9. The lowest BCUT2D eigenvalue weighted by molar-refractivity contribution is -0.155. The average molecular weight is 387 g/mol. The predicted octanol–water partition coefficient (Wildman–Crippen LogP) is 3.50. The first-order valence-electron chi connectivity index (χ1n) is 9.27. The normalized spacial score (nSPS) is 11.6. The van der Waals surface area contributed by atoms with Crippen LogP contribution in [0.2, 0.25) is 0 Å². The first kappa shape index (κ1) is 21.4. The van der Waals surface area contributed by atoms with Gasteiger partial charge in [-0.3, -0.25) is 9.59 Å². The van der Waals surface area contributed by atoms with Gasteiger partial charge >= 0.3 is 5.97 Å². The van der Waals surface area contributed by atoms with Crippen LogP contribution in [-0.2, 0) is 20.7 Å². The van der Waals surface area contributed by atoms with Crippen molar-refractivity contribution in [2.24, 2.45) is 0 Å². The van der Waals surface area contributed by atoms with Gasteiger partial charge in [-0.25, -0.2) is 4.39 Å². The van der Waals surface area contributed by atoms with Gasteiger partial charge in [0.2, 0.25) is 0 Å². The summed E-state index contributed by atoms with van der Waals surface area (Å²) in [7, 11) is 0. The van der Waals surface area contributed by atoms with E-state index in [1.54, 1.807) is 12.1 Å². The number of rotatable bonds is 9. The van der Waals surface area contributed by atoms with Crippen molar-refractivity contribution in [1.82, 2.24) is 5.32 Å². The number of ether oxygens (including phenoxy) is 2. The second-order valence-corrected chi connectivity index (χ2v) is 6.67. The van der Waals surface area contributed by atoms with E-state index in [1.165, 1.54) is 19.1 Å². The van der Waals surface area contributed by atoms with E-state index in [9.17, 15) is 14.0 Å². The van der Waals surface area contributed by atoms with Gasteiger partial charge in [-0.15, -0.1) is 0 Å². The SMILES string of the molecule is Cc1ccc(C)c(OCCC(=O)OC(C)C(=O)NCCc2ccc(F)cc2)c1. The quantitative estimate of drug-likeness (QED) is 0.669. The van der Waals surface area contributed by atoms with Crippen molar-refractivity contribution in [1.29, 1.82) is 0 Å². The Labute approximate surface area is 164 Å². The van der Waals surface area contributed by atoms with Crippen molar-refractivity contribution in [2.75, 3.05) is 13.2 Å². The largest absolute Gasteiger partial charge is 0.493 e. The van der Waals surface area contributed by atoms with E-state index in [0.717, 1.165) is 22.4 Å². The Bertz CT molecular complexity index is 805. The number of carbonyl (C=O) groups excluding carboxylic acids is 2. The number of esters is 1. The number of halogens is 1. The maximum absolute atomic E-state index is 12.9. The molecular formula is C22H26FNO4. The first-order valence-corrected chi connectivity index (χ1v) is 9.27. The highest BCUT2D eigenvalue weighted by molar-refractivity contribution is 5.83. The van der Waals surface area contributed by atoms with Crippen LogP contribution in [0.15, 0.2) is 42.5 Å². The number of aryl methyl sites for hydroxylation is 2. The van der Waals surface area contributed by atoms with Crippen molar-refractivity contribution in [3.63, 3.8) is 0 Å². The summed E-state index contributed by atoms with van der Waals surface area (Å²) in [6, 6.07) is 12.0. The highest BCUT2D eigenvalue weighted by atomic mass is 19.1. The van der Waals surface area contributed by atoms with Gasteiger partial charge in [0.25, 0.3) is 5.91 Å². The third kappa shape index (κ3) is 7.02. The Balaban J connectivity index is 1.67. The van der Waals surface area contributed by atoms with Gasteiger partial charge < -0.3 is 14.8 Å². The monoisotopic (exact) mass is 387 g/mol. The van der Waals surface area contributed by atoms with Crippen molar-refractivity contribution in [3.05, 3.63) is 65.0 Å². The second kappa shape index (κ2) is 10.4. The molecule has 0 aliphatic rings. The van der Waals surface area contributed by atoms with Gasteiger partial charge in [-0.05, 0) is 62.1 Å². The van der Waals surface area contributed by atoms with Crippen molar-refractivity contribution in [3.8, 4) is 5.75 Å². The van der Waals surface area contributed by atoms with Crippen LogP contribution < -0.4 is 10.1 Å². The first-order chi connectivity index (χ1) is 13.3. The van der Waals surface area contributed by atoms with Crippen molar-refractivity contribution in [2.45, 2.75) is 39.7 Å². The van der Waals surface area contributed by atoms with E-state index in [2.05, 4.69) is 5.32 Å². The Morgan fingerprint density at radius 3 is 2.54 bits per heavy atom. The Hall–Kier alpha value is -2.89. The molecule has 0 aliphatic heterocycles. The lowest BCUT2D eigenvalue weighted by Gasteiger charge is -2.14. The topological polar surface area (TPSA) is 64.6 Å². The fraction of sp³-hybridized carbons (Fsp3) is 0.364. The van der Waals surface area contributed by atoms with Gasteiger partial charge in [-0.1, -0.05) is 24.3 Å². The zero-order valence-corrected chi connectivity index (χ0v) is 16.5. The highest BCUT2D eigenvalue weighted by Gasteiger charge is 2.17. The number of hydrogen-bond donors (Lipinski definition) is 1. The Morgan fingerprint density at radius 1 is 1.11 bits per heavy atom. The summed E-state index contributed by atoms with van der Waals surface area (Å²) in [4.78, 5) is 23.9. The third-order valence-electron chi connectivity index (χ3n) is 4.21. The van der Waals surface area contributed by atoms with E-state index in [0.29, 0.717) is 13.0 Å². The van der Waals surface area contributed by atoms with Gasteiger partial charge in [0.1, 0.15) is 11.6 Å². The number of nitrogens with one attached hydrogen (secondary N) is 1. The van der Waals surface area contributed by atoms with Crippen LogP contribution in [0, 0.1) is 19.7 Å². The molecule has 2 aromatic carbocycles. The molecule has 0 aromatic heterocycles. The van der Waals surface area contributed by atoms with E-state index in [1.807, 2.05) is 32.0 Å². The molecule has 1 atom stereocenters. The summed E-state index contributed by atoms with van der Waals surface area (Å²) in [5.41, 5.74) is 2.98. The molecule has 0 saturated heterocycles. The molecule has 1 unspecified atom stereocenters. The zero-order valence-electron chi connectivity index (χ0n) is 16.5. The summed E-state index contributed by atoms with van der Waals surface area (Å²) in [6.45, 7) is 5.99. The summed E-state index contributed by atoms with van der Waals surface area (Å²) < 4.78 is 23.6. The van der Waals surface area contributed by atoms with Crippen molar-refractivity contribution < 1.29 is 23.5 Å². The Kier molecular flexibility index (Phi) is 7.99. The number of benzene rings is 2. The van der Waals surface area contributed by atoms with Gasteiger partial charge in [0.15, 0.2) is 6.10 Å². The minimum absolute atomic E-state index is 0.0561. The third-order valence-corrected chi connectivity index (χ3v) is 4.21. The molecule has 28 heavy (non-hydrogen) atoms. The van der Waals surface area contributed by atoms with E-state index < -0.39 is 12.1 Å². The molecular weight excluding hydrogens is 361 g/mol. The standard InChI is InChI=1S/C22H26FNO4/c1-15-4-5-16(2)20(14-15)27-13-11-21(25)28-17(3)22(26)24-12-10-18-6-8-19(23)9-7-18/h4-9,14,17H,10-13H2,1-3H3,(H,24,26). The molecule has 0 saturated carbocycles. The van der Waals surface area contributed by atoms with E-state index in [4.69, 9.17) is 9.47 Å². The molecule has 0 aliphatic carbocycles. The second-order valence-electron chi connectivity index (χ2n) is 6.67. The van der Waals surface area contributed by atoms with Crippen LogP contribution in [0.1, 0.15) is 30.0 Å². The maximum Gasteiger partial charge on any atom is 0.310 e. The molecule has 0 heterocycles. The molecule has 0 radical (unpaired) electrons. The molecule has 0 spiro atoms. The van der Waals surface area contributed by atoms with Crippen LogP contribution in [0.5, 0.6) is 5.75 Å². The highest BCUT2D eigenvalue weighted by Crippen LogP contribution is 2.19. The summed E-state index contributed by atoms with van der Waals surface area (Å²) in [5, 5.41) is 2.71. The number of hydrogen-bond acceptors (Lipinski definition) is 4. The molecule has 2 rings (SSSR count). The smallest absolute Gasteiger partial charge is 0.310 e. The number of carbonyl (C=O) groups is 2. The minimum atomic E-state index is -0.888. The fourth-order valence-electron chi connectivity index (χ4n) is 2.54. The predicted molar refractivity (Wildman–Crippen MR) is 105 cm³/mol.